The van der Waals surface area contributed by atoms with E-state index in [1.54, 1.807) is 25.8 Å². The number of aromatic nitrogens is 3. The maximum absolute atomic E-state index is 13.2. The Hall–Kier alpha value is -3.15. The third-order valence-electron chi connectivity index (χ3n) is 5.59. The van der Waals surface area contributed by atoms with Gasteiger partial charge in [0, 0.05) is 42.8 Å². The van der Waals surface area contributed by atoms with Gasteiger partial charge in [0.05, 0.1) is 42.3 Å². The number of methoxy groups -OCH3 is 1. The van der Waals surface area contributed by atoms with Gasteiger partial charge in [0.2, 0.25) is 0 Å². The van der Waals surface area contributed by atoms with Crippen LogP contribution in [0.3, 0.4) is 0 Å². The molecule has 0 unspecified atom stereocenters. The van der Waals surface area contributed by atoms with Gasteiger partial charge in [-0.2, -0.15) is 5.26 Å². The molecule has 8 heteroatoms. The number of hydrogen-bond acceptors (Lipinski definition) is 5. The van der Waals surface area contributed by atoms with Crippen LogP contribution in [0.4, 0.5) is 0 Å². The molecular weight excluding hydrogens is 382 g/mol. The van der Waals surface area contributed by atoms with Gasteiger partial charge < -0.3 is 24.3 Å². The summed E-state index contributed by atoms with van der Waals surface area (Å²) >= 11 is 0. The number of hydrogen-bond donors (Lipinski definition) is 2. The standard InChI is InChI=1S/C22H25N5O3/c1-29-8-9-30-18-4-2-16(3-5-18)26-22(28)20-11-17(27-7-6-24-14-27)10-19-15(12-23)13-25-21(19)20/h6-7,10-11,13-14,16,18,25H,2-5,8-9H2,1H3,(H,26,28)/t16-,18-. The van der Waals surface area contributed by atoms with E-state index < -0.39 is 0 Å². The Morgan fingerprint density at radius 2 is 2.17 bits per heavy atom. The third-order valence-corrected chi connectivity index (χ3v) is 5.59. The van der Waals surface area contributed by atoms with Crippen molar-refractivity contribution in [3.05, 3.63) is 48.2 Å². The van der Waals surface area contributed by atoms with Crippen LogP contribution in [0.2, 0.25) is 0 Å². The van der Waals surface area contributed by atoms with Crippen molar-refractivity contribution in [1.29, 1.82) is 5.26 Å². The van der Waals surface area contributed by atoms with Crippen LogP contribution < -0.4 is 5.32 Å². The zero-order valence-electron chi connectivity index (χ0n) is 16.9. The molecule has 156 valence electrons. The van der Waals surface area contributed by atoms with Gasteiger partial charge in [-0.1, -0.05) is 0 Å². The molecule has 1 amide bonds. The first kappa shape index (κ1) is 20.1. The second-order valence-corrected chi connectivity index (χ2v) is 7.51. The molecule has 2 aromatic heterocycles. The number of rotatable bonds is 7. The molecule has 0 aliphatic heterocycles. The molecule has 4 rings (SSSR count). The van der Waals surface area contributed by atoms with Gasteiger partial charge in [-0.3, -0.25) is 4.79 Å². The monoisotopic (exact) mass is 407 g/mol. The van der Waals surface area contributed by atoms with E-state index in [1.807, 2.05) is 22.9 Å². The number of ether oxygens (including phenoxy) is 2. The predicted octanol–water partition coefficient (Wildman–Crippen LogP) is 2.93. The van der Waals surface area contributed by atoms with E-state index >= 15 is 0 Å². The number of carbonyl (C=O) groups excluding carboxylic acids is 1. The lowest BCUT2D eigenvalue weighted by molar-refractivity contribution is -0.00408. The number of carbonyl (C=O) groups is 1. The van der Waals surface area contributed by atoms with E-state index in [0.29, 0.717) is 29.9 Å². The molecule has 2 heterocycles. The summed E-state index contributed by atoms with van der Waals surface area (Å²) in [6, 6.07) is 6.02. The van der Waals surface area contributed by atoms with Crippen molar-refractivity contribution in [3.63, 3.8) is 0 Å². The fraction of sp³-hybridized carbons (Fsp3) is 0.409. The van der Waals surface area contributed by atoms with Gasteiger partial charge in [0.1, 0.15) is 6.07 Å². The Balaban J connectivity index is 1.51. The summed E-state index contributed by atoms with van der Waals surface area (Å²) in [5.74, 6) is -0.142. The highest BCUT2D eigenvalue weighted by molar-refractivity contribution is 6.08. The molecule has 1 aliphatic rings. The normalized spacial score (nSPS) is 18.9. The summed E-state index contributed by atoms with van der Waals surface area (Å²) < 4.78 is 12.7. The Morgan fingerprint density at radius 3 is 2.87 bits per heavy atom. The summed E-state index contributed by atoms with van der Waals surface area (Å²) in [4.78, 5) is 20.3. The lowest BCUT2D eigenvalue weighted by Crippen LogP contribution is -2.39. The molecular formula is C22H25N5O3. The van der Waals surface area contributed by atoms with Crippen LogP contribution in [0.25, 0.3) is 16.6 Å². The minimum absolute atomic E-state index is 0.108. The third kappa shape index (κ3) is 4.22. The number of fused-ring (bicyclic) bond motifs is 1. The van der Waals surface area contributed by atoms with Crippen LogP contribution in [-0.2, 0) is 9.47 Å². The molecule has 8 nitrogen and oxygen atoms in total. The Labute approximate surface area is 174 Å². The molecule has 3 aromatic rings. The molecule has 1 aliphatic carbocycles. The minimum Gasteiger partial charge on any atom is -0.382 e. The van der Waals surface area contributed by atoms with Gasteiger partial charge >= 0.3 is 0 Å². The molecule has 2 N–H and O–H groups in total. The number of nitrogens with zero attached hydrogens (tertiary/aromatic N) is 3. The molecule has 0 bridgehead atoms. The fourth-order valence-electron chi connectivity index (χ4n) is 3.98. The van der Waals surface area contributed by atoms with Gasteiger partial charge in [0.25, 0.3) is 5.91 Å². The van der Waals surface area contributed by atoms with Crippen molar-refractivity contribution >= 4 is 16.8 Å². The largest absolute Gasteiger partial charge is 0.382 e. The highest BCUT2D eigenvalue weighted by Crippen LogP contribution is 2.27. The van der Waals surface area contributed by atoms with Crippen molar-refractivity contribution in [2.24, 2.45) is 0 Å². The average molecular weight is 407 g/mol. The number of nitriles is 1. The quantitative estimate of drug-likeness (QED) is 0.586. The maximum Gasteiger partial charge on any atom is 0.253 e. The first-order valence-corrected chi connectivity index (χ1v) is 10.1. The second-order valence-electron chi connectivity index (χ2n) is 7.51. The number of amides is 1. The summed E-state index contributed by atoms with van der Waals surface area (Å²) in [5, 5.41) is 13.3. The number of aromatic amines is 1. The van der Waals surface area contributed by atoms with Gasteiger partial charge in [-0.15, -0.1) is 0 Å². The summed E-state index contributed by atoms with van der Waals surface area (Å²) in [6.45, 7) is 1.20. The molecule has 1 fully saturated rings. The highest BCUT2D eigenvalue weighted by atomic mass is 16.5. The van der Waals surface area contributed by atoms with Gasteiger partial charge in [-0.25, -0.2) is 4.98 Å². The molecule has 0 radical (unpaired) electrons. The SMILES string of the molecule is COCCO[C@H]1CC[C@H](NC(=O)c2cc(-n3ccnc3)cc3c(C#N)c[nH]c23)CC1. The van der Waals surface area contributed by atoms with Gasteiger partial charge in [0.15, 0.2) is 0 Å². The van der Waals surface area contributed by atoms with E-state index in [9.17, 15) is 10.1 Å². The number of imidazole rings is 1. The van der Waals surface area contributed by atoms with E-state index in [2.05, 4.69) is 21.4 Å². The topological polar surface area (TPSA) is 105 Å². The van der Waals surface area contributed by atoms with Gasteiger partial charge in [-0.05, 0) is 37.8 Å². The van der Waals surface area contributed by atoms with Crippen LogP contribution in [0.5, 0.6) is 0 Å². The van der Waals surface area contributed by atoms with Crippen LogP contribution in [-0.4, -0.2) is 52.9 Å². The first-order chi connectivity index (χ1) is 14.7. The molecule has 30 heavy (non-hydrogen) atoms. The average Bonchev–Trinajstić information content (AvgIpc) is 3.44. The van der Waals surface area contributed by atoms with Crippen molar-refractivity contribution < 1.29 is 14.3 Å². The summed E-state index contributed by atoms with van der Waals surface area (Å²) in [5.41, 5.74) is 2.49. The van der Waals surface area contributed by atoms with Crippen molar-refractivity contribution in [3.8, 4) is 11.8 Å². The number of benzene rings is 1. The summed E-state index contributed by atoms with van der Waals surface area (Å²) in [7, 11) is 1.66. The van der Waals surface area contributed by atoms with E-state index in [-0.39, 0.29) is 18.1 Å². The Bertz CT molecular complexity index is 1040. The van der Waals surface area contributed by atoms with Crippen molar-refractivity contribution in [2.75, 3.05) is 20.3 Å². The zero-order chi connectivity index (χ0) is 20.9. The van der Waals surface area contributed by atoms with Crippen LogP contribution in [0, 0.1) is 11.3 Å². The Kier molecular flexibility index (Phi) is 6.12. The van der Waals surface area contributed by atoms with Crippen LogP contribution in [0.1, 0.15) is 41.6 Å². The van der Waals surface area contributed by atoms with Crippen LogP contribution in [0.15, 0.2) is 37.1 Å². The van der Waals surface area contributed by atoms with Crippen molar-refractivity contribution in [2.45, 2.75) is 37.8 Å². The minimum atomic E-state index is -0.142. The number of H-pyrrole nitrogens is 1. The highest BCUT2D eigenvalue weighted by Gasteiger charge is 2.24. The zero-order valence-corrected chi connectivity index (χ0v) is 16.9. The first-order valence-electron chi connectivity index (χ1n) is 10.1. The molecule has 1 aromatic carbocycles. The van der Waals surface area contributed by atoms with E-state index in [0.717, 1.165) is 36.8 Å². The number of nitrogens with one attached hydrogen (secondary N) is 2. The van der Waals surface area contributed by atoms with Crippen LogP contribution >= 0.6 is 0 Å². The maximum atomic E-state index is 13.2. The smallest absolute Gasteiger partial charge is 0.253 e. The predicted molar refractivity (Wildman–Crippen MR) is 111 cm³/mol. The van der Waals surface area contributed by atoms with Crippen molar-refractivity contribution in [1.82, 2.24) is 19.9 Å². The lowest BCUT2D eigenvalue weighted by Gasteiger charge is -2.29. The molecule has 1 saturated carbocycles. The summed E-state index contributed by atoms with van der Waals surface area (Å²) in [6.07, 6.45) is 10.6. The molecule has 0 saturated heterocycles. The second kappa shape index (κ2) is 9.11. The van der Waals surface area contributed by atoms with E-state index in [1.165, 1.54) is 0 Å². The molecule has 0 spiro atoms. The molecule has 0 atom stereocenters. The fourth-order valence-corrected chi connectivity index (χ4v) is 3.98. The Morgan fingerprint density at radius 1 is 1.33 bits per heavy atom. The lowest BCUT2D eigenvalue weighted by atomic mass is 9.92. The van der Waals surface area contributed by atoms with E-state index in [4.69, 9.17) is 9.47 Å².